The van der Waals surface area contributed by atoms with Crippen molar-refractivity contribution in [1.29, 1.82) is 0 Å². The van der Waals surface area contributed by atoms with Crippen molar-refractivity contribution in [2.24, 2.45) is 5.92 Å². The summed E-state index contributed by atoms with van der Waals surface area (Å²) in [7, 11) is 3.46. The van der Waals surface area contributed by atoms with Gasteiger partial charge in [0.25, 0.3) is 0 Å². The van der Waals surface area contributed by atoms with Gasteiger partial charge in [0.15, 0.2) is 11.3 Å². The van der Waals surface area contributed by atoms with Gasteiger partial charge in [0.1, 0.15) is 5.76 Å². The molecule has 0 aromatic carbocycles. The van der Waals surface area contributed by atoms with Crippen molar-refractivity contribution in [3.8, 4) is 0 Å². The predicted octanol–water partition coefficient (Wildman–Crippen LogP) is 1.90. The molecule has 1 aromatic rings. The molecule has 2 heterocycles. The molecule has 1 amide bonds. The van der Waals surface area contributed by atoms with Crippen LogP contribution >= 0.6 is 15.9 Å². The van der Waals surface area contributed by atoms with Crippen LogP contribution in [0, 0.1) is 5.92 Å². The number of hydrogen-bond acceptors (Lipinski definition) is 5. The Balaban J connectivity index is 2.04. The van der Waals surface area contributed by atoms with E-state index < -0.39 is 0 Å². The molecule has 1 saturated heterocycles. The Morgan fingerprint density at radius 1 is 1.36 bits per heavy atom. The molecule has 1 fully saturated rings. The largest absolute Gasteiger partial charge is 0.440 e. The highest BCUT2D eigenvalue weighted by Gasteiger charge is 2.31. The van der Waals surface area contributed by atoms with Gasteiger partial charge in [0.2, 0.25) is 5.91 Å². The lowest BCUT2D eigenvalue weighted by Gasteiger charge is -2.30. The van der Waals surface area contributed by atoms with Crippen molar-refractivity contribution < 1.29 is 13.9 Å². The number of amides is 1. The lowest BCUT2D eigenvalue weighted by Crippen LogP contribution is -2.37. The summed E-state index contributed by atoms with van der Waals surface area (Å²) in [6.45, 7) is 4.62. The van der Waals surface area contributed by atoms with Gasteiger partial charge >= 0.3 is 0 Å². The number of halogens is 1. The topological polar surface area (TPSA) is 63.0 Å². The van der Waals surface area contributed by atoms with Crippen molar-refractivity contribution in [1.82, 2.24) is 4.90 Å². The molecular formula is C18H23BrN2O4. The molecule has 0 saturated carbocycles. The fourth-order valence-corrected chi connectivity index (χ4v) is 3.61. The van der Waals surface area contributed by atoms with E-state index in [1.807, 2.05) is 17.9 Å². The normalized spacial score (nSPS) is 21.4. The first kappa shape index (κ1) is 18.2. The molecule has 7 heteroatoms. The second kappa shape index (κ2) is 7.33. The van der Waals surface area contributed by atoms with Crippen molar-refractivity contribution in [3.63, 3.8) is 0 Å². The van der Waals surface area contributed by atoms with Crippen molar-refractivity contribution >= 4 is 33.3 Å². The van der Waals surface area contributed by atoms with Crippen LogP contribution in [0.1, 0.15) is 18.2 Å². The molecule has 2 unspecified atom stereocenters. The molecule has 1 aliphatic carbocycles. The minimum Gasteiger partial charge on any atom is -0.440 e. The summed E-state index contributed by atoms with van der Waals surface area (Å²) in [5.74, 6) is 0.826. The van der Waals surface area contributed by atoms with Crippen LogP contribution in [0.3, 0.4) is 0 Å². The maximum absolute atomic E-state index is 12.7. The number of hydrogen-bond donors (Lipinski definition) is 0. The van der Waals surface area contributed by atoms with Crippen molar-refractivity contribution in [2.45, 2.75) is 18.2 Å². The highest BCUT2D eigenvalue weighted by molar-refractivity contribution is 9.09. The van der Waals surface area contributed by atoms with E-state index in [-0.39, 0.29) is 22.1 Å². The van der Waals surface area contributed by atoms with Crippen LogP contribution in [0.2, 0.25) is 0 Å². The van der Waals surface area contributed by atoms with Crippen LogP contribution in [-0.4, -0.2) is 56.0 Å². The molecule has 3 rings (SSSR count). The van der Waals surface area contributed by atoms with E-state index in [1.54, 1.807) is 25.1 Å². The van der Waals surface area contributed by atoms with Gasteiger partial charge in [-0.3, -0.25) is 9.59 Å². The zero-order valence-corrected chi connectivity index (χ0v) is 16.3. The highest BCUT2D eigenvalue weighted by atomic mass is 79.9. The third kappa shape index (κ3) is 3.67. The van der Waals surface area contributed by atoms with Gasteiger partial charge < -0.3 is 19.0 Å². The highest BCUT2D eigenvalue weighted by Crippen LogP contribution is 2.35. The van der Waals surface area contributed by atoms with E-state index in [1.165, 1.54) is 0 Å². The minimum absolute atomic E-state index is 0.00652. The lowest BCUT2D eigenvalue weighted by atomic mass is 9.86. The van der Waals surface area contributed by atoms with E-state index in [2.05, 4.69) is 15.9 Å². The lowest BCUT2D eigenvalue weighted by molar-refractivity contribution is -0.131. The Kier molecular flexibility index (Phi) is 5.34. The number of alkyl halides is 1. The third-order valence-corrected chi connectivity index (χ3v) is 5.10. The first-order valence-corrected chi connectivity index (χ1v) is 9.37. The fraction of sp³-hybridized carbons (Fsp3) is 0.556. The molecule has 0 spiro atoms. The maximum Gasteiger partial charge on any atom is 0.229 e. The first-order valence-electron chi connectivity index (χ1n) is 8.45. The number of allylic oxidation sites excluding steroid dienone is 1. The second-order valence-electron chi connectivity index (χ2n) is 6.64. The van der Waals surface area contributed by atoms with E-state index in [4.69, 9.17) is 9.15 Å². The van der Waals surface area contributed by atoms with Gasteiger partial charge in [0, 0.05) is 49.2 Å². The summed E-state index contributed by atoms with van der Waals surface area (Å²) in [5, 5.41) is 0. The fourth-order valence-electron chi connectivity index (χ4n) is 3.25. The summed E-state index contributed by atoms with van der Waals surface area (Å²) in [5.41, 5.74) is 1.37. The van der Waals surface area contributed by atoms with Gasteiger partial charge in [-0.2, -0.15) is 0 Å². The van der Waals surface area contributed by atoms with Gasteiger partial charge in [0.05, 0.1) is 19.1 Å². The molecule has 0 bridgehead atoms. The second-order valence-corrected chi connectivity index (χ2v) is 8.01. The first-order chi connectivity index (χ1) is 11.9. The van der Waals surface area contributed by atoms with Crippen LogP contribution < -0.4 is 10.3 Å². The number of anilines is 1. The monoisotopic (exact) mass is 410 g/mol. The molecule has 0 radical (unpaired) electrons. The summed E-state index contributed by atoms with van der Waals surface area (Å²) in [6, 6.07) is 1.54. The molecule has 2 atom stereocenters. The molecular weight excluding hydrogens is 388 g/mol. The smallest absolute Gasteiger partial charge is 0.229 e. The van der Waals surface area contributed by atoms with E-state index >= 15 is 0 Å². The number of carbonyl (C=O) groups excluding carboxylic acids is 1. The molecule has 0 N–H and O–H groups in total. The van der Waals surface area contributed by atoms with E-state index in [0.717, 1.165) is 5.57 Å². The number of morpholine rings is 1. The zero-order chi connectivity index (χ0) is 18.1. The Bertz CT molecular complexity index is 748. The maximum atomic E-state index is 12.7. The average Bonchev–Trinajstić information content (AvgIpc) is 2.60. The van der Waals surface area contributed by atoms with Crippen LogP contribution in [0.4, 0.5) is 5.88 Å². The summed E-state index contributed by atoms with van der Waals surface area (Å²) in [4.78, 5) is 28.7. The number of ether oxygens (including phenoxy) is 1. The van der Waals surface area contributed by atoms with Gasteiger partial charge in [-0.1, -0.05) is 22.0 Å². The average molecular weight is 411 g/mol. The number of rotatable bonds is 3. The molecule has 25 heavy (non-hydrogen) atoms. The van der Waals surface area contributed by atoms with Crippen molar-refractivity contribution in [3.05, 3.63) is 33.7 Å². The Morgan fingerprint density at radius 2 is 2.04 bits per heavy atom. The third-order valence-electron chi connectivity index (χ3n) is 4.61. The number of carbonyl (C=O) groups is 1. The van der Waals surface area contributed by atoms with Gasteiger partial charge in [-0.05, 0) is 13.3 Å². The minimum atomic E-state index is -0.338. The Hall–Kier alpha value is -1.60. The molecule has 136 valence electrons. The zero-order valence-electron chi connectivity index (χ0n) is 14.8. The molecule has 6 nitrogen and oxygen atoms in total. The Morgan fingerprint density at radius 3 is 2.64 bits per heavy atom. The summed E-state index contributed by atoms with van der Waals surface area (Å²) in [6.07, 6.45) is 2.30. The van der Waals surface area contributed by atoms with Gasteiger partial charge in [-0.25, -0.2) is 0 Å². The molecule has 2 aliphatic rings. The van der Waals surface area contributed by atoms with E-state index in [0.29, 0.717) is 49.9 Å². The molecule has 1 aliphatic heterocycles. The molecule has 1 aromatic heterocycles. The number of nitrogens with zero attached hydrogens (tertiary/aromatic N) is 2. The van der Waals surface area contributed by atoms with Crippen LogP contribution in [-0.2, 0) is 16.0 Å². The quantitative estimate of drug-likeness (QED) is 0.712. The van der Waals surface area contributed by atoms with E-state index in [9.17, 15) is 9.59 Å². The summed E-state index contributed by atoms with van der Waals surface area (Å²) >= 11 is 3.58. The van der Waals surface area contributed by atoms with Crippen LogP contribution in [0.25, 0.3) is 5.57 Å². The standard InChI is InChI=1S/C18H23BrN2O4/c1-11(19)13-8-12(18(23)20(2)3)9-14-15(22)10-16(25-17(13)14)21-4-6-24-7-5-21/h8,10-12H,4-7,9H2,1-3H3. The predicted molar refractivity (Wildman–Crippen MR) is 100 cm³/mol. The van der Waals surface area contributed by atoms with Crippen LogP contribution in [0.15, 0.2) is 21.4 Å². The number of fused-ring (bicyclic) bond motifs is 1. The SMILES string of the molecule is CC(Br)C1=CC(C(=O)N(C)C)Cc2c1oc(N1CCOCC1)cc2=O. The summed E-state index contributed by atoms with van der Waals surface area (Å²) < 4.78 is 11.5. The van der Waals surface area contributed by atoms with Crippen LogP contribution in [0.5, 0.6) is 0 Å². The van der Waals surface area contributed by atoms with Gasteiger partial charge in [-0.15, -0.1) is 0 Å². The Labute approximate surface area is 155 Å². The van der Waals surface area contributed by atoms with Crippen molar-refractivity contribution in [2.75, 3.05) is 45.3 Å².